The topological polar surface area (TPSA) is 106 Å². The first kappa shape index (κ1) is 20.3. The molecule has 2 aromatic carbocycles. The highest BCUT2D eigenvalue weighted by Gasteiger charge is 2.26. The highest BCUT2D eigenvalue weighted by Crippen LogP contribution is 2.23. The molecule has 2 rings (SSSR count). The highest BCUT2D eigenvalue weighted by atomic mass is 35.5. The van der Waals surface area contributed by atoms with E-state index in [-0.39, 0.29) is 23.8 Å². The maximum atomic E-state index is 12.4. The first-order valence-corrected chi connectivity index (χ1v) is 8.58. The van der Waals surface area contributed by atoms with E-state index in [1.807, 2.05) is 0 Å². The van der Waals surface area contributed by atoms with Crippen LogP contribution < -0.4 is 15.5 Å². The predicted octanol–water partition coefficient (Wildman–Crippen LogP) is 1.73. The van der Waals surface area contributed by atoms with Gasteiger partial charge in [0.15, 0.2) is 12.6 Å². The first-order valence-electron chi connectivity index (χ1n) is 8.20. The van der Waals surface area contributed by atoms with Crippen LogP contribution in [0.5, 0.6) is 0 Å². The summed E-state index contributed by atoms with van der Waals surface area (Å²) in [5.41, 5.74) is 0.425. The molecule has 2 aromatic rings. The fraction of sp³-hybridized carbons (Fsp3) is 0.222. The second-order valence-electron chi connectivity index (χ2n) is 6.04. The number of nitrogens with zero attached hydrogens (tertiary/aromatic N) is 1. The van der Waals surface area contributed by atoms with Crippen molar-refractivity contribution < 1.29 is 19.4 Å². The van der Waals surface area contributed by atoms with Crippen molar-refractivity contribution in [1.29, 1.82) is 0 Å². The summed E-state index contributed by atoms with van der Waals surface area (Å²) in [6.45, 7) is 1.67. The number of nitro benzene ring substituents is 1. The number of amides is 2. The smallest absolute Gasteiger partial charge is 0.292 e. The average Bonchev–Trinajstić information content (AvgIpc) is 2.63. The van der Waals surface area contributed by atoms with Crippen molar-refractivity contribution in [2.45, 2.75) is 13.0 Å². The molecule has 2 atom stereocenters. The zero-order valence-electron chi connectivity index (χ0n) is 14.9. The lowest BCUT2D eigenvalue weighted by molar-refractivity contribution is -0.885. The van der Waals surface area contributed by atoms with Crippen molar-refractivity contribution in [3.63, 3.8) is 0 Å². The van der Waals surface area contributed by atoms with Crippen LogP contribution in [0.1, 0.15) is 6.92 Å². The van der Waals surface area contributed by atoms with E-state index in [4.69, 9.17) is 11.6 Å². The van der Waals surface area contributed by atoms with Crippen LogP contribution >= 0.6 is 11.6 Å². The third-order valence-corrected chi connectivity index (χ3v) is 4.41. The molecular formula is C18H20ClN4O4+. The van der Waals surface area contributed by atoms with Crippen LogP contribution in [0.25, 0.3) is 0 Å². The summed E-state index contributed by atoms with van der Waals surface area (Å²) >= 11 is 6.01. The van der Waals surface area contributed by atoms with Gasteiger partial charge in [0.2, 0.25) is 0 Å². The summed E-state index contributed by atoms with van der Waals surface area (Å²) in [5, 5.41) is 16.7. The van der Waals surface area contributed by atoms with E-state index in [1.165, 1.54) is 18.2 Å². The second-order valence-corrected chi connectivity index (χ2v) is 6.44. The van der Waals surface area contributed by atoms with Crippen molar-refractivity contribution in [1.82, 2.24) is 0 Å². The van der Waals surface area contributed by atoms with Gasteiger partial charge in [0.05, 0.1) is 22.7 Å². The Morgan fingerprint density at radius 3 is 2.33 bits per heavy atom. The second kappa shape index (κ2) is 9.11. The molecule has 0 spiro atoms. The minimum Gasteiger partial charge on any atom is -0.320 e. The van der Waals surface area contributed by atoms with Gasteiger partial charge in [-0.1, -0.05) is 35.9 Å². The molecule has 0 aliphatic rings. The van der Waals surface area contributed by atoms with Crippen LogP contribution in [0.3, 0.4) is 0 Å². The van der Waals surface area contributed by atoms with E-state index in [1.54, 1.807) is 44.3 Å². The normalized spacial score (nSPS) is 12.7. The number of hydrogen-bond acceptors (Lipinski definition) is 4. The van der Waals surface area contributed by atoms with Gasteiger partial charge in [-0.25, -0.2) is 0 Å². The molecule has 0 aliphatic carbocycles. The summed E-state index contributed by atoms with van der Waals surface area (Å²) in [6.07, 6.45) is 0. The number of anilines is 2. The third kappa shape index (κ3) is 5.50. The van der Waals surface area contributed by atoms with E-state index in [0.29, 0.717) is 15.6 Å². The number of hydrogen-bond donors (Lipinski definition) is 3. The molecule has 1 unspecified atom stereocenters. The number of nitro groups is 1. The molecule has 0 aromatic heterocycles. The van der Waals surface area contributed by atoms with Crippen LogP contribution in [0.2, 0.25) is 5.02 Å². The van der Waals surface area contributed by atoms with E-state index < -0.39 is 16.9 Å². The van der Waals surface area contributed by atoms with Gasteiger partial charge in [0.25, 0.3) is 17.5 Å². The maximum absolute atomic E-state index is 12.4. The summed E-state index contributed by atoms with van der Waals surface area (Å²) in [5.74, 6) is -0.724. The van der Waals surface area contributed by atoms with Crippen molar-refractivity contribution in [3.05, 3.63) is 63.7 Å². The number of quaternary nitrogens is 1. The Morgan fingerprint density at radius 1 is 1.11 bits per heavy atom. The first-order chi connectivity index (χ1) is 12.8. The Hall–Kier alpha value is -2.97. The summed E-state index contributed by atoms with van der Waals surface area (Å²) in [7, 11) is 1.69. The van der Waals surface area contributed by atoms with E-state index in [9.17, 15) is 19.7 Å². The Kier molecular flexibility index (Phi) is 6.86. The number of likely N-dealkylation sites (N-methyl/N-ethyl adjacent to an activating group) is 1. The lowest BCUT2D eigenvalue weighted by Crippen LogP contribution is -3.14. The maximum Gasteiger partial charge on any atom is 0.292 e. The fourth-order valence-corrected chi connectivity index (χ4v) is 2.55. The minimum absolute atomic E-state index is 0.0245. The van der Waals surface area contributed by atoms with Gasteiger partial charge in [0.1, 0.15) is 5.69 Å². The highest BCUT2D eigenvalue weighted by molar-refractivity contribution is 6.33. The predicted molar refractivity (Wildman–Crippen MR) is 103 cm³/mol. The van der Waals surface area contributed by atoms with Gasteiger partial charge < -0.3 is 15.5 Å². The van der Waals surface area contributed by atoms with Crippen molar-refractivity contribution in [2.24, 2.45) is 0 Å². The molecule has 8 nitrogen and oxygen atoms in total. The molecule has 0 saturated heterocycles. The fourth-order valence-electron chi connectivity index (χ4n) is 2.37. The SMILES string of the molecule is C[C@@H](C(=O)Nc1ccccc1[N+](=O)[O-])[NH+](C)CC(=O)Nc1ccccc1Cl. The Morgan fingerprint density at radius 2 is 1.70 bits per heavy atom. The zero-order chi connectivity index (χ0) is 20.0. The minimum atomic E-state index is -0.609. The average molecular weight is 392 g/mol. The van der Waals surface area contributed by atoms with Crippen molar-refractivity contribution >= 4 is 40.5 Å². The zero-order valence-corrected chi connectivity index (χ0v) is 15.6. The Balaban J connectivity index is 1.97. The van der Waals surface area contributed by atoms with Gasteiger partial charge in [-0.3, -0.25) is 19.7 Å². The number of carbonyl (C=O) groups is 2. The molecule has 142 valence electrons. The van der Waals surface area contributed by atoms with Gasteiger partial charge >= 0.3 is 0 Å². The van der Waals surface area contributed by atoms with Crippen molar-refractivity contribution in [3.8, 4) is 0 Å². The largest absolute Gasteiger partial charge is 0.320 e. The number of rotatable bonds is 7. The number of carbonyl (C=O) groups excluding carboxylic acids is 2. The lowest BCUT2D eigenvalue weighted by atomic mass is 10.2. The molecule has 9 heteroatoms. The quantitative estimate of drug-likeness (QED) is 0.493. The molecule has 3 N–H and O–H groups in total. The summed E-state index contributed by atoms with van der Waals surface area (Å²) < 4.78 is 0. The molecule has 2 amide bonds. The number of benzene rings is 2. The van der Waals surface area contributed by atoms with Gasteiger partial charge in [0, 0.05) is 6.07 Å². The number of halogens is 1. The number of para-hydroxylation sites is 3. The molecular weight excluding hydrogens is 372 g/mol. The molecule has 0 saturated carbocycles. The standard InChI is InChI=1S/C18H19ClN4O4/c1-12(18(25)21-15-9-5-6-10-16(15)23(26)27)22(2)11-17(24)20-14-8-4-3-7-13(14)19/h3-10,12H,11H2,1-2H3,(H,20,24)(H,21,25)/p+1/t12-/m0/s1. The van der Waals surface area contributed by atoms with Gasteiger partial charge in [-0.15, -0.1) is 0 Å². The van der Waals surface area contributed by atoms with Crippen LogP contribution in [-0.2, 0) is 9.59 Å². The Bertz CT molecular complexity index is 859. The number of nitrogens with one attached hydrogen (secondary N) is 3. The molecule has 0 bridgehead atoms. The monoisotopic (exact) mass is 391 g/mol. The van der Waals surface area contributed by atoms with Gasteiger partial charge in [-0.05, 0) is 25.1 Å². The lowest BCUT2D eigenvalue weighted by Gasteiger charge is -2.20. The third-order valence-electron chi connectivity index (χ3n) is 4.08. The molecule has 0 heterocycles. The van der Waals surface area contributed by atoms with E-state index >= 15 is 0 Å². The molecule has 0 radical (unpaired) electrons. The van der Waals surface area contributed by atoms with Crippen LogP contribution in [0.4, 0.5) is 17.1 Å². The van der Waals surface area contributed by atoms with E-state index in [0.717, 1.165) is 0 Å². The molecule has 27 heavy (non-hydrogen) atoms. The Labute approximate surface area is 161 Å². The summed E-state index contributed by atoms with van der Waals surface area (Å²) in [6, 6.07) is 12.1. The summed E-state index contributed by atoms with van der Waals surface area (Å²) in [4.78, 5) is 35.7. The van der Waals surface area contributed by atoms with E-state index in [2.05, 4.69) is 10.6 Å². The van der Waals surface area contributed by atoms with Crippen LogP contribution in [-0.4, -0.2) is 36.4 Å². The molecule has 0 aliphatic heterocycles. The molecule has 0 fully saturated rings. The van der Waals surface area contributed by atoms with Crippen molar-refractivity contribution in [2.75, 3.05) is 24.2 Å². The van der Waals surface area contributed by atoms with Crippen LogP contribution in [0.15, 0.2) is 48.5 Å². The van der Waals surface area contributed by atoms with Crippen LogP contribution in [0, 0.1) is 10.1 Å². The van der Waals surface area contributed by atoms with Gasteiger partial charge in [-0.2, -0.15) is 0 Å².